The number of hydrogen-bond acceptors (Lipinski definition) is 10. The van der Waals surface area contributed by atoms with Gasteiger partial charge in [0.25, 0.3) is 0 Å². The predicted molar refractivity (Wildman–Crippen MR) is 236 cm³/mol. The maximum absolute atomic E-state index is 13.1. The maximum Gasteiger partial charge on any atom is 0.408 e. The number of carboxylic acid groups (broad SMARTS) is 2. The number of nitrogens with zero attached hydrogens (tertiary/aromatic N) is 2. The van der Waals surface area contributed by atoms with Crippen molar-refractivity contribution in [2.75, 3.05) is 0 Å². The Morgan fingerprint density at radius 1 is 0.606 bits per heavy atom. The number of nitrogens with one attached hydrogen (secondary N) is 2. The number of alkyl carbamates (subject to hydrolysis) is 2. The Labute approximate surface area is 374 Å². The van der Waals surface area contributed by atoms with Crippen LogP contribution in [0.2, 0.25) is 0 Å². The lowest BCUT2D eigenvalue weighted by Gasteiger charge is -2.14. The molecule has 8 rings (SSSR count). The number of rotatable bonds is 14. The summed E-state index contributed by atoms with van der Waals surface area (Å²) >= 11 is 0. The molecule has 2 heterocycles. The number of halogens is 2. The number of carbonyl (C=O) groups is 4. The monoisotopic (exact) mass is 892 g/mol. The highest BCUT2D eigenvalue weighted by atomic mass is 19.1. The fraction of sp³-hybridized carbons (Fsp3) is 0.120. The molecule has 6 aromatic carbocycles. The van der Waals surface area contributed by atoms with Gasteiger partial charge < -0.3 is 39.2 Å². The van der Waals surface area contributed by atoms with Crippen LogP contribution < -0.4 is 10.6 Å². The number of fused-ring (bicyclic) bond motifs is 2. The van der Waals surface area contributed by atoms with E-state index in [-0.39, 0.29) is 31.9 Å². The highest BCUT2D eigenvalue weighted by Crippen LogP contribution is 2.28. The van der Waals surface area contributed by atoms with Gasteiger partial charge in [0, 0.05) is 23.8 Å². The second-order valence-electron chi connectivity index (χ2n) is 14.7. The van der Waals surface area contributed by atoms with Crippen LogP contribution in [0.4, 0.5) is 18.4 Å². The van der Waals surface area contributed by atoms with Crippen molar-refractivity contribution in [1.29, 1.82) is 5.26 Å². The largest absolute Gasteiger partial charge is 0.480 e. The molecule has 8 aromatic rings. The smallest absolute Gasteiger partial charge is 0.408 e. The number of benzene rings is 6. The summed E-state index contributed by atoms with van der Waals surface area (Å²) in [5.74, 6) is -2.44. The third-order valence-corrected chi connectivity index (χ3v) is 9.97. The molecule has 4 N–H and O–H groups in total. The van der Waals surface area contributed by atoms with Crippen molar-refractivity contribution in [2.24, 2.45) is 0 Å². The van der Waals surface area contributed by atoms with Gasteiger partial charge in [0.15, 0.2) is 12.2 Å². The lowest BCUT2D eigenvalue weighted by atomic mass is 10.0. The van der Waals surface area contributed by atoms with Crippen molar-refractivity contribution in [3.8, 4) is 28.7 Å². The Morgan fingerprint density at radius 3 is 1.83 bits per heavy atom. The van der Waals surface area contributed by atoms with Gasteiger partial charge in [0.2, 0.25) is 5.89 Å². The second kappa shape index (κ2) is 21.0. The fourth-order valence-corrected chi connectivity index (χ4v) is 6.66. The summed E-state index contributed by atoms with van der Waals surface area (Å²) in [6.45, 7) is -0.263. The van der Waals surface area contributed by atoms with Crippen LogP contribution in [0.3, 0.4) is 0 Å². The average Bonchev–Trinajstić information content (AvgIpc) is 3.95. The van der Waals surface area contributed by atoms with E-state index >= 15 is 0 Å². The van der Waals surface area contributed by atoms with Gasteiger partial charge >= 0.3 is 24.1 Å². The molecule has 0 radical (unpaired) electrons. The Bertz CT molecular complexity index is 3040. The number of ether oxygens (including phenoxy) is 2. The van der Waals surface area contributed by atoms with Crippen molar-refractivity contribution in [2.45, 2.75) is 38.1 Å². The molecule has 0 saturated carbocycles. The third-order valence-electron chi connectivity index (χ3n) is 9.97. The first-order valence-electron chi connectivity index (χ1n) is 20.2. The van der Waals surface area contributed by atoms with E-state index in [1.807, 2.05) is 30.3 Å². The molecule has 16 heteroatoms. The van der Waals surface area contributed by atoms with Crippen LogP contribution in [0.1, 0.15) is 28.0 Å². The van der Waals surface area contributed by atoms with Crippen LogP contribution in [-0.4, -0.2) is 51.4 Å². The van der Waals surface area contributed by atoms with Gasteiger partial charge in [-0.3, -0.25) is 0 Å². The molecule has 0 bridgehead atoms. The van der Waals surface area contributed by atoms with Crippen LogP contribution in [0.25, 0.3) is 44.7 Å². The molecule has 2 amide bonds. The van der Waals surface area contributed by atoms with Gasteiger partial charge in [-0.1, -0.05) is 66.7 Å². The van der Waals surface area contributed by atoms with E-state index in [1.165, 1.54) is 36.4 Å². The summed E-state index contributed by atoms with van der Waals surface area (Å²) in [6.07, 6.45) is -1.63. The summed E-state index contributed by atoms with van der Waals surface area (Å²) in [4.78, 5) is 51.7. The standard InChI is InChI=1S/C26H19FN2O5.C24H19FN2O5/c27-21-7-4-16(5-8-21)11-23(25(30)31)29-26(32)33-15-22-13-20-12-19(6-9-24(20)34-22)18-3-1-2-17(10-18)14-28;25-18-9-7-17(8-10-18)22-26-19-13-16(6-11-21(19)32-22)14-31-24(30)27-20(23(28)29)12-15-4-2-1-3-5-15/h1-10,12-13,23H,11,15H2,(H,29,32)(H,30,31);1-11,13,20H,12,14H2,(H,27,30)(H,28,29)/t23-;20-/m11/s1. The molecule has 0 aliphatic carbocycles. The fourth-order valence-electron chi connectivity index (χ4n) is 6.66. The summed E-state index contributed by atoms with van der Waals surface area (Å²) in [7, 11) is 0. The summed E-state index contributed by atoms with van der Waals surface area (Å²) in [5, 5.41) is 33.3. The van der Waals surface area contributed by atoms with Gasteiger partial charge in [-0.15, -0.1) is 0 Å². The van der Waals surface area contributed by atoms with Crippen LogP contribution in [-0.2, 0) is 45.1 Å². The van der Waals surface area contributed by atoms with E-state index in [1.54, 1.807) is 78.9 Å². The van der Waals surface area contributed by atoms with Crippen molar-refractivity contribution >= 4 is 46.2 Å². The lowest BCUT2D eigenvalue weighted by molar-refractivity contribution is -0.140. The molecule has 0 unspecified atom stereocenters. The summed E-state index contributed by atoms with van der Waals surface area (Å²) in [6, 6.07) is 39.6. The van der Waals surface area contributed by atoms with Crippen LogP contribution in [0, 0.1) is 23.0 Å². The first-order chi connectivity index (χ1) is 31.9. The molecule has 0 fully saturated rings. The molecule has 14 nitrogen and oxygen atoms in total. The first-order valence-corrected chi connectivity index (χ1v) is 20.2. The number of aliphatic carboxylic acids is 2. The third kappa shape index (κ3) is 12.2. The molecule has 0 aliphatic rings. The zero-order chi connectivity index (χ0) is 46.6. The van der Waals surface area contributed by atoms with Crippen LogP contribution in [0.15, 0.2) is 154 Å². The maximum atomic E-state index is 13.1. The second-order valence-corrected chi connectivity index (χ2v) is 14.7. The number of carbonyl (C=O) groups excluding carboxylic acids is 2. The molecular formula is C50H38F2N4O10. The van der Waals surface area contributed by atoms with Gasteiger partial charge in [-0.25, -0.2) is 32.9 Å². The van der Waals surface area contributed by atoms with Crippen molar-refractivity contribution < 1.29 is 56.5 Å². The SMILES string of the molecule is N#Cc1cccc(-c2ccc3oc(COC(=O)N[C@H](Cc4ccc(F)cc4)C(=O)O)cc3c2)c1.O=C(N[C@H](Cc1ccccc1)C(=O)O)OCc1ccc2oc(-c3ccc(F)cc3)nc2c1. The Balaban J connectivity index is 0.000000197. The molecule has 0 saturated heterocycles. The minimum atomic E-state index is -1.24. The zero-order valence-electron chi connectivity index (χ0n) is 34.7. The molecule has 332 valence electrons. The zero-order valence-corrected chi connectivity index (χ0v) is 34.7. The van der Waals surface area contributed by atoms with Crippen LogP contribution >= 0.6 is 0 Å². The minimum absolute atomic E-state index is 0.0227. The highest BCUT2D eigenvalue weighted by Gasteiger charge is 2.23. The molecule has 2 aromatic heterocycles. The average molecular weight is 893 g/mol. The number of amides is 2. The first kappa shape index (κ1) is 45.2. The number of nitriles is 1. The van der Waals surface area contributed by atoms with E-state index in [2.05, 4.69) is 21.7 Å². The Morgan fingerprint density at radius 2 is 1.18 bits per heavy atom. The van der Waals surface area contributed by atoms with Crippen molar-refractivity contribution in [1.82, 2.24) is 15.6 Å². The summed E-state index contributed by atoms with van der Waals surface area (Å²) < 4.78 is 47.9. The number of aromatic nitrogens is 1. The van der Waals surface area contributed by atoms with Crippen LogP contribution in [0.5, 0.6) is 0 Å². The molecule has 2 atom stereocenters. The van der Waals surface area contributed by atoms with E-state index in [4.69, 9.17) is 23.6 Å². The number of carboxylic acids is 2. The van der Waals surface area contributed by atoms with E-state index < -0.39 is 42.0 Å². The van der Waals surface area contributed by atoms with E-state index in [0.717, 1.165) is 22.1 Å². The molecular weight excluding hydrogens is 855 g/mol. The lowest BCUT2D eigenvalue weighted by Crippen LogP contribution is -2.42. The summed E-state index contributed by atoms with van der Waals surface area (Å²) in [5.41, 5.74) is 6.67. The van der Waals surface area contributed by atoms with Gasteiger partial charge in [0.1, 0.15) is 47.2 Å². The molecule has 66 heavy (non-hydrogen) atoms. The Hall–Kier alpha value is -8.84. The quantitative estimate of drug-likeness (QED) is 0.0803. The number of hydrogen-bond donors (Lipinski definition) is 4. The molecule has 0 spiro atoms. The predicted octanol–water partition coefficient (Wildman–Crippen LogP) is 9.59. The normalized spacial score (nSPS) is 11.7. The molecule has 0 aliphatic heterocycles. The Kier molecular flexibility index (Phi) is 14.4. The van der Waals surface area contributed by atoms with Gasteiger partial charge in [-0.2, -0.15) is 5.26 Å². The van der Waals surface area contributed by atoms with Crippen molar-refractivity contribution in [3.05, 3.63) is 185 Å². The number of oxazole rings is 1. The van der Waals surface area contributed by atoms with Crippen molar-refractivity contribution in [3.63, 3.8) is 0 Å². The minimum Gasteiger partial charge on any atom is -0.480 e. The number of furan rings is 1. The topological polar surface area (TPSA) is 214 Å². The van der Waals surface area contributed by atoms with E-state index in [0.29, 0.717) is 50.6 Å². The van der Waals surface area contributed by atoms with Gasteiger partial charge in [0.05, 0.1) is 11.6 Å². The van der Waals surface area contributed by atoms with E-state index in [9.17, 15) is 38.2 Å². The highest BCUT2D eigenvalue weighted by molar-refractivity contribution is 5.85. The van der Waals surface area contributed by atoms with Gasteiger partial charge in [-0.05, 0) is 107 Å².